The lowest BCUT2D eigenvalue weighted by atomic mass is 10.2. The van der Waals surface area contributed by atoms with Crippen LogP contribution in [0.2, 0.25) is 5.02 Å². The molecule has 0 bridgehead atoms. The maximum absolute atomic E-state index is 13.7. The van der Waals surface area contributed by atoms with Crippen molar-refractivity contribution in [1.29, 1.82) is 0 Å². The Kier molecular flexibility index (Phi) is 2.34. The third-order valence-corrected chi connectivity index (χ3v) is 2.79. The average molecular weight is 248 g/mol. The second-order valence-electron chi connectivity index (χ2n) is 3.58. The molecular weight excluding hydrogens is 241 g/mol. The van der Waals surface area contributed by atoms with E-state index in [1.807, 2.05) is 12.1 Å². The lowest BCUT2D eigenvalue weighted by Crippen LogP contribution is -1.85. The molecule has 84 valence electrons. The van der Waals surface area contributed by atoms with Crippen LogP contribution >= 0.6 is 11.6 Å². The molecule has 0 aliphatic heterocycles. The van der Waals surface area contributed by atoms with Crippen LogP contribution in [0.15, 0.2) is 46.9 Å². The lowest BCUT2D eigenvalue weighted by molar-refractivity contribution is 0.594. The first-order valence-corrected chi connectivity index (χ1v) is 5.43. The van der Waals surface area contributed by atoms with Gasteiger partial charge >= 0.3 is 0 Å². The van der Waals surface area contributed by atoms with E-state index in [4.69, 9.17) is 16.0 Å². The SMILES string of the molecule is Fc1cccc(Cl)c1-c1nc2ccccc2o1. The van der Waals surface area contributed by atoms with Crippen LogP contribution in [0.5, 0.6) is 0 Å². The van der Waals surface area contributed by atoms with E-state index in [-0.39, 0.29) is 16.5 Å². The summed E-state index contributed by atoms with van der Waals surface area (Å²) in [5, 5.41) is 0.288. The van der Waals surface area contributed by atoms with Crippen LogP contribution in [-0.2, 0) is 0 Å². The summed E-state index contributed by atoms with van der Waals surface area (Å²) in [7, 11) is 0. The first-order chi connectivity index (χ1) is 8.25. The van der Waals surface area contributed by atoms with Crippen molar-refractivity contribution in [2.75, 3.05) is 0 Å². The number of hydrogen-bond donors (Lipinski definition) is 0. The quantitative estimate of drug-likeness (QED) is 0.641. The molecule has 4 heteroatoms. The summed E-state index contributed by atoms with van der Waals surface area (Å²) in [4.78, 5) is 4.21. The molecule has 17 heavy (non-hydrogen) atoms. The van der Waals surface area contributed by atoms with E-state index in [2.05, 4.69) is 4.98 Å². The zero-order valence-corrected chi connectivity index (χ0v) is 9.41. The molecule has 0 saturated heterocycles. The number of rotatable bonds is 1. The van der Waals surface area contributed by atoms with Crippen LogP contribution in [0, 0.1) is 5.82 Å². The smallest absolute Gasteiger partial charge is 0.231 e. The number of oxazole rings is 1. The van der Waals surface area contributed by atoms with Gasteiger partial charge in [-0.15, -0.1) is 0 Å². The molecule has 0 spiro atoms. The van der Waals surface area contributed by atoms with Gasteiger partial charge in [0.15, 0.2) is 5.58 Å². The Hall–Kier alpha value is -1.87. The van der Waals surface area contributed by atoms with Crippen molar-refractivity contribution in [3.8, 4) is 11.5 Å². The monoisotopic (exact) mass is 247 g/mol. The highest BCUT2D eigenvalue weighted by Crippen LogP contribution is 2.31. The molecule has 0 radical (unpaired) electrons. The minimum absolute atomic E-state index is 0.199. The van der Waals surface area contributed by atoms with E-state index in [1.165, 1.54) is 6.07 Å². The van der Waals surface area contributed by atoms with Gasteiger partial charge in [-0.25, -0.2) is 9.37 Å². The molecule has 2 nitrogen and oxygen atoms in total. The van der Waals surface area contributed by atoms with E-state index in [9.17, 15) is 4.39 Å². The maximum Gasteiger partial charge on any atom is 0.231 e. The summed E-state index contributed by atoms with van der Waals surface area (Å²) in [6.07, 6.45) is 0. The van der Waals surface area contributed by atoms with Crippen molar-refractivity contribution in [2.24, 2.45) is 0 Å². The second-order valence-corrected chi connectivity index (χ2v) is 3.99. The first kappa shape index (κ1) is 10.3. The number of nitrogens with zero attached hydrogens (tertiary/aromatic N) is 1. The highest BCUT2D eigenvalue weighted by atomic mass is 35.5. The third-order valence-electron chi connectivity index (χ3n) is 2.47. The van der Waals surface area contributed by atoms with Crippen molar-refractivity contribution in [1.82, 2.24) is 4.98 Å². The van der Waals surface area contributed by atoms with Gasteiger partial charge in [0, 0.05) is 0 Å². The van der Waals surface area contributed by atoms with Crippen LogP contribution in [-0.4, -0.2) is 4.98 Å². The summed E-state index contributed by atoms with van der Waals surface area (Å²) in [5.74, 6) is -0.238. The maximum atomic E-state index is 13.7. The first-order valence-electron chi connectivity index (χ1n) is 5.05. The summed E-state index contributed by atoms with van der Waals surface area (Å²) < 4.78 is 19.2. The van der Waals surface area contributed by atoms with Crippen LogP contribution in [0.25, 0.3) is 22.6 Å². The number of hydrogen-bond acceptors (Lipinski definition) is 2. The minimum atomic E-state index is -0.441. The molecule has 1 heterocycles. The van der Waals surface area contributed by atoms with Gasteiger partial charge in [-0.2, -0.15) is 0 Å². The molecule has 0 aliphatic rings. The van der Waals surface area contributed by atoms with E-state index in [0.717, 1.165) is 0 Å². The van der Waals surface area contributed by atoms with Gasteiger partial charge in [-0.1, -0.05) is 29.8 Å². The zero-order valence-electron chi connectivity index (χ0n) is 8.65. The molecule has 3 rings (SSSR count). The molecule has 0 saturated carbocycles. The largest absolute Gasteiger partial charge is 0.436 e. The number of para-hydroxylation sites is 2. The van der Waals surface area contributed by atoms with E-state index in [1.54, 1.807) is 24.3 Å². The number of halogens is 2. The standard InChI is InChI=1S/C13H7ClFNO/c14-8-4-3-5-9(15)12(8)13-16-10-6-1-2-7-11(10)17-13/h1-7H. The zero-order chi connectivity index (χ0) is 11.8. The average Bonchev–Trinajstić information content (AvgIpc) is 2.71. The highest BCUT2D eigenvalue weighted by molar-refractivity contribution is 6.33. The molecule has 0 atom stereocenters. The van der Waals surface area contributed by atoms with Gasteiger partial charge < -0.3 is 4.42 Å². The Morgan fingerprint density at radius 1 is 1.06 bits per heavy atom. The van der Waals surface area contributed by atoms with Crippen LogP contribution < -0.4 is 0 Å². The molecule has 0 aliphatic carbocycles. The Balaban J connectivity index is 2.27. The third kappa shape index (κ3) is 1.68. The minimum Gasteiger partial charge on any atom is -0.436 e. The lowest BCUT2D eigenvalue weighted by Gasteiger charge is -1.99. The van der Waals surface area contributed by atoms with Crippen LogP contribution in [0.3, 0.4) is 0 Å². The Morgan fingerprint density at radius 3 is 2.65 bits per heavy atom. The topological polar surface area (TPSA) is 26.0 Å². The van der Waals surface area contributed by atoms with Gasteiger partial charge in [0.2, 0.25) is 5.89 Å². The number of fused-ring (bicyclic) bond motifs is 1. The summed E-state index contributed by atoms with van der Waals surface area (Å²) in [6.45, 7) is 0. The van der Waals surface area contributed by atoms with Gasteiger partial charge in [0.1, 0.15) is 11.3 Å². The molecule has 0 unspecified atom stereocenters. The number of benzene rings is 2. The van der Waals surface area contributed by atoms with Crippen LogP contribution in [0.1, 0.15) is 0 Å². The Bertz CT molecular complexity index is 639. The molecule has 1 aromatic heterocycles. The Labute approximate surface area is 102 Å². The van der Waals surface area contributed by atoms with Crippen molar-refractivity contribution < 1.29 is 8.81 Å². The highest BCUT2D eigenvalue weighted by Gasteiger charge is 2.15. The van der Waals surface area contributed by atoms with E-state index >= 15 is 0 Å². The van der Waals surface area contributed by atoms with Gasteiger partial charge in [-0.05, 0) is 24.3 Å². The molecular formula is C13H7ClFNO. The molecule has 0 amide bonds. The second kappa shape index (κ2) is 3.86. The van der Waals surface area contributed by atoms with E-state index in [0.29, 0.717) is 11.1 Å². The van der Waals surface area contributed by atoms with Crippen molar-refractivity contribution >= 4 is 22.7 Å². The van der Waals surface area contributed by atoms with Crippen molar-refractivity contribution in [3.05, 3.63) is 53.3 Å². The molecule has 3 aromatic rings. The summed E-state index contributed by atoms with van der Waals surface area (Å²) in [5.41, 5.74) is 1.49. The van der Waals surface area contributed by atoms with E-state index < -0.39 is 5.82 Å². The fraction of sp³-hybridized carbons (Fsp3) is 0. The van der Waals surface area contributed by atoms with Crippen LogP contribution in [0.4, 0.5) is 4.39 Å². The fourth-order valence-corrected chi connectivity index (χ4v) is 1.93. The number of aromatic nitrogens is 1. The predicted molar refractivity (Wildman–Crippen MR) is 64.4 cm³/mol. The summed E-state index contributed by atoms with van der Waals surface area (Å²) in [6, 6.07) is 11.7. The molecule has 0 N–H and O–H groups in total. The normalized spacial score (nSPS) is 10.9. The van der Waals surface area contributed by atoms with Gasteiger partial charge in [0.25, 0.3) is 0 Å². The summed E-state index contributed by atoms with van der Waals surface area (Å²) >= 11 is 5.95. The van der Waals surface area contributed by atoms with Crippen molar-refractivity contribution in [3.63, 3.8) is 0 Å². The molecule has 0 fully saturated rings. The van der Waals surface area contributed by atoms with Crippen molar-refractivity contribution in [2.45, 2.75) is 0 Å². The molecule has 2 aromatic carbocycles. The fourth-order valence-electron chi connectivity index (χ4n) is 1.68. The predicted octanol–water partition coefficient (Wildman–Crippen LogP) is 4.29. The van der Waals surface area contributed by atoms with Gasteiger partial charge in [0.05, 0.1) is 10.6 Å². The Morgan fingerprint density at radius 2 is 1.88 bits per heavy atom. The van der Waals surface area contributed by atoms with Gasteiger partial charge in [-0.3, -0.25) is 0 Å².